The molecular formula is C13H17BrN2. The minimum Gasteiger partial charge on any atom is -0.350 e. The fourth-order valence-electron chi connectivity index (χ4n) is 1.99. The molecule has 2 rings (SSSR count). The smallest absolute Gasteiger partial charge is 0.0492 e. The average Bonchev–Trinajstić information content (AvgIpc) is 2.57. The number of rotatable bonds is 2. The van der Waals surface area contributed by atoms with E-state index in [9.17, 15) is 0 Å². The van der Waals surface area contributed by atoms with E-state index in [-0.39, 0.29) is 5.54 Å². The van der Waals surface area contributed by atoms with Crippen LogP contribution in [0.25, 0.3) is 10.9 Å². The van der Waals surface area contributed by atoms with Gasteiger partial charge in [0, 0.05) is 34.2 Å². The average molecular weight is 281 g/mol. The summed E-state index contributed by atoms with van der Waals surface area (Å²) in [5.41, 5.74) is 2.58. The summed E-state index contributed by atoms with van der Waals surface area (Å²) in [7, 11) is 4.09. The summed E-state index contributed by atoms with van der Waals surface area (Å²) >= 11 is 3.51. The highest BCUT2D eigenvalue weighted by atomic mass is 79.9. The van der Waals surface area contributed by atoms with Crippen molar-refractivity contribution in [3.05, 3.63) is 34.4 Å². The van der Waals surface area contributed by atoms with Gasteiger partial charge in [-0.15, -0.1) is 0 Å². The molecule has 0 atom stereocenters. The molecule has 0 unspecified atom stereocenters. The fraction of sp³-hybridized carbons (Fsp3) is 0.385. The van der Waals surface area contributed by atoms with Crippen LogP contribution >= 0.6 is 15.9 Å². The molecule has 1 N–H and O–H groups in total. The maximum atomic E-state index is 3.51. The molecule has 86 valence electrons. The second kappa shape index (κ2) is 3.90. The molecule has 1 aromatic carbocycles. The van der Waals surface area contributed by atoms with Gasteiger partial charge in [0.25, 0.3) is 0 Å². The van der Waals surface area contributed by atoms with Crippen LogP contribution in [-0.2, 0) is 12.6 Å². The van der Waals surface area contributed by atoms with Gasteiger partial charge in [-0.05, 0) is 38.6 Å². The SMILES string of the molecule is CNC(C)(C)c1cn(C)c2cc(Br)ccc12. The molecule has 0 saturated carbocycles. The topological polar surface area (TPSA) is 17.0 Å². The van der Waals surface area contributed by atoms with Crippen molar-refractivity contribution >= 4 is 26.8 Å². The maximum absolute atomic E-state index is 3.51. The van der Waals surface area contributed by atoms with Crippen LogP contribution < -0.4 is 5.32 Å². The molecule has 2 aromatic rings. The van der Waals surface area contributed by atoms with Crippen molar-refractivity contribution in [2.75, 3.05) is 7.05 Å². The molecule has 0 radical (unpaired) electrons. The van der Waals surface area contributed by atoms with Gasteiger partial charge in [0.2, 0.25) is 0 Å². The zero-order valence-electron chi connectivity index (χ0n) is 10.1. The van der Waals surface area contributed by atoms with E-state index < -0.39 is 0 Å². The molecule has 0 spiro atoms. The van der Waals surface area contributed by atoms with Crippen molar-refractivity contribution in [1.29, 1.82) is 0 Å². The molecule has 0 saturated heterocycles. The van der Waals surface area contributed by atoms with Crippen molar-refractivity contribution < 1.29 is 0 Å². The van der Waals surface area contributed by atoms with Gasteiger partial charge < -0.3 is 9.88 Å². The quantitative estimate of drug-likeness (QED) is 0.892. The van der Waals surface area contributed by atoms with E-state index >= 15 is 0 Å². The summed E-state index contributed by atoms with van der Waals surface area (Å²) in [6.07, 6.45) is 2.20. The Morgan fingerprint density at radius 1 is 1.31 bits per heavy atom. The van der Waals surface area contributed by atoms with Crippen LogP contribution in [-0.4, -0.2) is 11.6 Å². The predicted molar refractivity (Wildman–Crippen MR) is 72.7 cm³/mol. The molecule has 0 bridgehead atoms. The lowest BCUT2D eigenvalue weighted by molar-refractivity contribution is 0.447. The monoisotopic (exact) mass is 280 g/mol. The van der Waals surface area contributed by atoms with E-state index in [2.05, 4.69) is 71.1 Å². The first-order chi connectivity index (χ1) is 7.45. The van der Waals surface area contributed by atoms with Crippen LogP contribution in [0.1, 0.15) is 19.4 Å². The lowest BCUT2D eigenvalue weighted by Crippen LogP contribution is -2.32. The van der Waals surface area contributed by atoms with Crippen LogP contribution in [0.2, 0.25) is 0 Å². The summed E-state index contributed by atoms with van der Waals surface area (Å²) in [6.45, 7) is 4.40. The van der Waals surface area contributed by atoms with Gasteiger partial charge in [-0.1, -0.05) is 22.0 Å². The third-order valence-electron chi connectivity index (χ3n) is 3.25. The van der Waals surface area contributed by atoms with Crippen molar-refractivity contribution in [2.24, 2.45) is 7.05 Å². The lowest BCUT2D eigenvalue weighted by atomic mass is 9.94. The van der Waals surface area contributed by atoms with Crippen LogP contribution in [0.4, 0.5) is 0 Å². The van der Waals surface area contributed by atoms with E-state index in [4.69, 9.17) is 0 Å². The molecule has 3 heteroatoms. The van der Waals surface area contributed by atoms with Crippen LogP contribution in [0.3, 0.4) is 0 Å². The Hall–Kier alpha value is -0.800. The molecule has 0 aliphatic rings. The summed E-state index contributed by atoms with van der Waals surface area (Å²) < 4.78 is 3.30. The van der Waals surface area contributed by atoms with Gasteiger partial charge in [0.15, 0.2) is 0 Å². The van der Waals surface area contributed by atoms with E-state index in [0.717, 1.165) is 4.47 Å². The highest BCUT2D eigenvalue weighted by Crippen LogP contribution is 2.31. The number of nitrogens with zero attached hydrogens (tertiary/aromatic N) is 1. The van der Waals surface area contributed by atoms with Gasteiger partial charge in [-0.25, -0.2) is 0 Å². The largest absolute Gasteiger partial charge is 0.350 e. The van der Waals surface area contributed by atoms with Crippen LogP contribution in [0.15, 0.2) is 28.9 Å². The number of hydrogen-bond acceptors (Lipinski definition) is 1. The van der Waals surface area contributed by atoms with Gasteiger partial charge in [0.1, 0.15) is 0 Å². The third-order valence-corrected chi connectivity index (χ3v) is 3.74. The number of benzene rings is 1. The zero-order chi connectivity index (χ0) is 11.9. The number of fused-ring (bicyclic) bond motifs is 1. The van der Waals surface area contributed by atoms with Gasteiger partial charge in [-0.3, -0.25) is 0 Å². The molecule has 0 amide bonds. The first-order valence-corrected chi connectivity index (χ1v) is 6.19. The van der Waals surface area contributed by atoms with Crippen LogP contribution in [0, 0.1) is 0 Å². The normalized spacial score (nSPS) is 12.3. The Morgan fingerprint density at radius 2 is 2.00 bits per heavy atom. The highest BCUT2D eigenvalue weighted by molar-refractivity contribution is 9.10. The summed E-state index contributed by atoms with van der Waals surface area (Å²) in [6, 6.07) is 6.43. The Bertz CT molecular complexity index is 526. The first-order valence-electron chi connectivity index (χ1n) is 5.39. The Labute approximate surface area is 105 Å². The zero-order valence-corrected chi connectivity index (χ0v) is 11.7. The van der Waals surface area contributed by atoms with Crippen LogP contribution in [0.5, 0.6) is 0 Å². The molecule has 2 nitrogen and oxygen atoms in total. The van der Waals surface area contributed by atoms with E-state index in [0.29, 0.717) is 0 Å². The maximum Gasteiger partial charge on any atom is 0.0492 e. The minimum atomic E-state index is -0.00661. The lowest BCUT2D eigenvalue weighted by Gasteiger charge is -2.23. The van der Waals surface area contributed by atoms with Crippen molar-refractivity contribution in [3.8, 4) is 0 Å². The number of aromatic nitrogens is 1. The summed E-state index contributed by atoms with van der Waals surface area (Å²) in [4.78, 5) is 0. The van der Waals surface area contributed by atoms with Gasteiger partial charge in [0.05, 0.1) is 0 Å². The second-order valence-corrected chi connectivity index (χ2v) is 5.61. The standard InChI is InChI=1S/C13H17BrN2/c1-13(2,15-3)11-8-16(4)12-7-9(14)5-6-10(11)12/h5-8,15H,1-4H3. The van der Waals surface area contributed by atoms with Crippen molar-refractivity contribution in [1.82, 2.24) is 9.88 Å². The molecule has 0 aliphatic heterocycles. The van der Waals surface area contributed by atoms with E-state index in [1.807, 2.05) is 7.05 Å². The number of hydrogen-bond donors (Lipinski definition) is 1. The first kappa shape index (κ1) is 11.7. The second-order valence-electron chi connectivity index (χ2n) is 4.69. The van der Waals surface area contributed by atoms with Crippen molar-refractivity contribution in [3.63, 3.8) is 0 Å². The van der Waals surface area contributed by atoms with E-state index in [1.54, 1.807) is 0 Å². The van der Waals surface area contributed by atoms with E-state index in [1.165, 1.54) is 16.5 Å². The molecule has 16 heavy (non-hydrogen) atoms. The third kappa shape index (κ3) is 1.78. The molecular weight excluding hydrogens is 264 g/mol. The number of aryl methyl sites for hydroxylation is 1. The summed E-state index contributed by atoms with van der Waals surface area (Å²) in [5.74, 6) is 0. The fourth-order valence-corrected chi connectivity index (χ4v) is 2.34. The Balaban J connectivity index is 2.73. The Morgan fingerprint density at radius 3 is 2.62 bits per heavy atom. The summed E-state index contributed by atoms with van der Waals surface area (Å²) in [5, 5.41) is 4.66. The molecule has 1 heterocycles. The minimum absolute atomic E-state index is 0.00661. The van der Waals surface area contributed by atoms with Gasteiger partial charge in [-0.2, -0.15) is 0 Å². The number of halogens is 1. The van der Waals surface area contributed by atoms with Gasteiger partial charge >= 0.3 is 0 Å². The molecule has 0 fully saturated rings. The predicted octanol–water partition coefficient (Wildman–Crippen LogP) is 3.40. The number of nitrogens with one attached hydrogen (secondary N) is 1. The molecule has 1 aromatic heterocycles. The van der Waals surface area contributed by atoms with Crippen molar-refractivity contribution in [2.45, 2.75) is 19.4 Å². The highest BCUT2D eigenvalue weighted by Gasteiger charge is 2.22. The molecule has 0 aliphatic carbocycles. The Kier molecular flexibility index (Phi) is 2.84.